The number of aryl methyl sites for hydroxylation is 1. The lowest BCUT2D eigenvalue weighted by atomic mass is 10.2. The highest BCUT2D eigenvalue weighted by Gasteiger charge is 2.22. The van der Waals surface area contributed by atoms with Gasteiger partial charge >= 0.3 is 0 Å². The van der Waals surface area contributed by atoms with Crippen LogP contribution in [0.2, 0.25) is 0 Å². The van der Waals surface area contributed by atoms with Crippen LogP contribution in [0.15, 0.2) is 28.8 Å². The Hall–Kier alpha value is -2.28. The maximum Gasteiger partial charge on any atom is 0.275 e. The highest BCUT2D eigenvalue weighted by atomic mass is 19.1. The van der Waals surface area contributed by atoms with E-state index < -0.39 is 23.2 Å². The van der Waals surface area contributed by atoms with Crippen LogP contribution in [0.3, 0.4) is 0 Å². The number of hydrogen-bond donors (Lipinski definition) is 0. The molecule has 0 saturated carbocycles. The van der Waals surface area contributed by atoms with Gasteiger partial charge in [-0.1, -0.05) is 0 Å². The van der Waals surface area contributed by atoms with E-state index in [4.69, 9.17) is 4.42 Å². The van der Waals surface area contributed by atoms with Crippen molar-refractivity contribution in [1.82, 2.24) is 14.8 Å². The van der Waals surface area contributed by atoms with Gasteiger partial charge in [0.25, 0.3) is 5.91 Å². The summed E-state index contributed by atoms with van der Waals surface area (Å²) >= 11 is 0. The third kappa shape index (κ3) is 4.59. The molecule has 7 heteroatoms. The van der Waals surface area contributed by atoms with Gasteiger partial charge in [-0.3, -0.25) is 4.79 Å². The molecule has 0 spiro atoms. The van der Waals surface area contributed by atoms with Crippen LogP contribution in [0, 0.1) is 18.6 Å². The number of amides is 1. The summed E-state index contributed by atoms with van der Waals surface area (Å²) in [5.74, 6) is -1.07. The number of furan rings is 1. The van der Waals surface area contributed by atoms with E-state index in [2.05, 4.69) is 4.98 Å². The minimum absolute atomic E-state index is 0.193. The lowest BCUT2D eigenvalue weighted by Crippen LogP contribution is -2.37. The quantitative estimate of drug-likeness (QED) is 0.819. The lowest BCUT2D eigenvalue weighted by Gasteiger charge is -2.23. The average Bonchev–Trinajstić information content (AvgIpc) is 2.88. The molecule has 0 aliphatic rings. The molecule has 5 nitrogen and oxygen atoms in total. The summed E-state index contributed by atoms with van der Waals surface area (Å²) in [4.78, 5) is 19.5. The minimum atomic E-state index is -0.972. The number of hydrogen-bond acceptors (Lipinski definition) is 4. The van der Waals surface area contributed by atoms with Gasteiger partial charge in [-0.25, -0.2) is 13.8 Å². The van der Waals surface area contributed by atoms with Crippen LogP contribution in [0.5, 0.6) is 0 Å². The topological polar surface area (TPSA) is 49.6 Å². The van der Waals surface area contributed by atoms with Crippen molar-refractivity contribution in [2.45, 2.75) is 13.5 Å². The van der Waals surface area contributed by atoms with E-state index in [1.165, 1.54) is 4.90 Å². The van der Waals surface area contributed by atoms with Crippen molar-refractivity contribution in [2.24, 2.45) is 0 Å². The molecule has 0 bridgehead atoms. The van der Waals surface area contributed by atoms with Crippen LogP contribution in [0.1, 0.15) is 22.0 Å². The number of carbonyl (C=O) groups is 1. The van der Waals surface area contributed by atoms with Crippen molar-refractivity contribution in [2.75, 3.05) is 27.2 Å². The third-order valence-corrected chi connectivity index (χ3v) is 3.26. The number of carbonyl (C=O) groups excluding carboxylic acids is 1. The maximum atomic E-state index is 13.8. The normalized spacial score (nSPS) is 11.0. The second-order valence-electron chi connectivity index (χ2n) is 5.53. The summed E-state index contributed by atoms with van der Waals surface area (Å²) in [5.41, 5.74) is -0.395. The number of halogens is 2. The summed E-state index contributed by atoms with van der Waals surface area (Å²) < 4.78 is 32.3. The summed E-state index contributed by atoms with van der Waals surface area (Å²) in [5, 5.41) is 0. The van der Waals surface area contributed by atoms with Gasteiger partial charge in [0.2, 0.25) is 0 Å². The zero-order valence-electron chi connectivity index (χ0n) is 13.3. The molecular weight excluding hydrogens is 304 g/mol. The van der Waals surface area contributed by atoms with Crippen molar-refractivity contribution in [3.05, 3.63) is 53.2 Å². The van der Waals surface area contributed by atoms with Gasteiger partial charge in [0, 0.05) is 19.2 Å². The lowest BCUT2D eigenvalue weighted by molar-refractivity contribution is 0.0708. The number of pyridine rings is 1. The van der Waals surface area contributed by atoms with E-state index in [0.29, 0.717) is 24.9 Å². The molecule has 0 aliphatic heterocycles. The van der Waals surface area contributed by atoms with Crippen LogP contribution in [0.4, 0.5) is 8.78 Å². The van der Waals surface area contributed by atoms with Crippen molar-refractivity contribution in [1.29, 1.82) is 0 Å². The summed E-state index contributed by atoms with van der Waals surface area (Å²) in [7, 11) is 3.74. The highest BCUT2D eigenvalue weighted by Crippen LogP contribution is 2.14. The van der Waals surface area contributed by atoms with Gasteiger partial charge in [0.15, 0.2) is 11.5 Å². The molecule has 2 heterocycles. The second kappa shape index (κ2) is 7.32. The number of nitrogens with zero attached hydrogens (tertiary/aromatic N) is 3. The Kier molecular flexibility index (Phi) is 5.44. The van der Waals surface area contributed by atoms with E-state index >= 15 is 0 Å². The smallest absolute Gasteiger partial charge is 0.275 e. The monoisotopic (exact) mass is 323 g/mol. The van der Waals surface area contributed by atoms with E-state index in [-0.39, 0.29) is 6.54 Å². The Morgan fingerprint density at radius 2 is 2.00 bits per heavy atom. The van der Waals surface area contributed by atoms with Crippen LogP contribution >= 0.6 is 0 Å². The van der Waals surface area contributed by atoms with Gasteiger partial charge < -0.3 is 14.2 Å². The molecule has 2 aromatic heterocycles. The van der Waals surface area contributed by atoms with Crippen LogP contribution in [-0.2, 0) is 6.54 Å². The Morgan fingerprint density at radius 1 is 1.26 bits per heavy atom. The molecule has 0 fully saturated rings. The molecular formula is C16H19F2N3O2. The largest absolute Gasteiger partial charge is 0.464 e. The van der Waals surface area contributed by atoms with Crippen molar-refractivity contribution in [3.8, 4) is 0 Å². The first-order valence-corrected chi connectivity index (χ1v) is 7.17. The Morgan fingerprint density at radius 3 is 2.57 bits per heavy atom. The van der Waals surface area contributed by atoms with E-state index in [1.54, 1.807) is 19.1 Å². The Labute approximate surface area is 133 Å². The molecule has 0 radical (unpaired) electrons. The molecule has 124 valence electrons. The zero-order valence-corrected chi connectivity index (χ0v) is 13.3. The van der Waals surface area contributed by atoms with Crippen molar-refractivity contribution in [3.63, 3.8) is 0 Å². The SMILES string of the molecule is Cc1ccc(CN(CCN(C)C)C(=O)c2ncc(F)cc2F)o1. The average molecular weight is 323 g/mol. The van der Waals surface area contributed by atoms with Gasteiger partial charge in [0.05, 0.1) is 12.7 Å². The zero-order chi connectivity index (χ0) is 17.0. The van der Waals surface area contributed by atoms with E-state index in [9.17, 15) is 13.6 Å². The fourth-order valence-corrected chi connectivity index (χ4v) is 2.05. The van der Waals surface area contributed by atoms with Gasteiger partial charge in [-0.2, -0.15) is 0 Å². The molecule has 2 aromatic rings. The van der Waals surface area contributed by atoms with E-state index in [1.807, 2.05) is 19.0 Å². The number of rotatable bonds is 6. The first kappa shape index (κ1) is 17.1. The Balaban J connectivity index is 2.22. The summed E-state index contributed by atoms with van der Waals surface area (Å²) in [6, 6.07) is 4.21. The third-order valence-electron chi connectivity index (χ3n) is 3.26. The van der Waals surface area contributed by atoms with Crippen molar-refractivity contribution >= 4 is 5.91 Å². The molecule has 2 rings (SSSR count). The van der Waals surface area contributed by atoms with Crippen LogP contribution in [-0.4, -0.2) is 47.9 Å². The minimum Gasteiger partial charge on any atom is -0.464 e. The first-order valence-electron chi connectivity index (χ1n) is 7.17. The van der Waals surface area contributed by atoms with Crippen LogP contribution < -0.4 is 0 Å². The molecule has 23 heavy (non-hydrogen) atoms. The predicted molar refractivity (Wildman–Crippen MR) is 80.9 cm³/mol. The number of aromatic nitrogens is 1. The predicted octanol–water partition coefficient (Wildman–Crippen LogP) is 2.47. The fourth-order valence-electron chi connectivity index (χ4n) is 2.05. The molecule has 0 aliphatic carbocycles. The maximum absolute atomic E-state index is 13.8. The Bertz CT molecular complexity index is 686. The molecule has 1 amide bonds. The van der Waals surface area contributed by atoms with Gasteiger partial charge in [-0.05, 0) is 33.2 Å². The molecule has 0 unspecified atom stereocenters. The summed E-state index contributed by atoms with van der Waals surface area (Å²) in [6.07, 6.45) is 0.831. The summed E-state index contributed by atoms with van der Waals surface area (Å²) in [6.45, 7) is 2.95. The number of likely N-dealkylation sites (N-methyl/N-ethyl adjacent to an activating group) is 1. The molecule has 0 saturated heterocycles. The van der Waals surface area contributed by atoms with Crippen LogP contribution in [0.25, 0.3) is 0 Å². The van der Waals surface area contributed by atoms with Gasteiger partial charge in [0.1, 0.15) is 17.3 Å². The second-order valence-corrected chi connectivity index (χ2v) is 5.53. The molecule has 0 aromatic carbocycles. The van der Waals surface area contributed by atoms with Gasteiger partial charge in [-0.15, -0.1) is 0 Å². The molecule has 0 atom stereocenters. The van der Waals surface area contributed by atoms with Crippen molar-refractivity contribution < 1.29 is 18.0 Å². The highest BCUT2D eigenvalue weighted by molar-refractivity contribution is 5.92. The van der Waals surface area contributed by atoms with E-state index in [0.717, 1.165) is 12.0 Å². The first-order chi connectivity index (χ1) is 10.9. The fraction of sp³-hybridized carbons (Fsp3) is 0.375. The molecule has 0 N–H and O–H groups in total. The standard InChI is InChI=1S/C16H19F2N3O2/c1-11-4-5-13(23-11)10-21(7-6-20(2)3)16(22)15-14(18)8-12(17)9-19-15/h4-5,8-9H,6-7,10H2,1-3H3.